The van der Waals surface area contributed by atoms with E-state index in [4.69, 9.17) is 0 Å². The highest BCUT2D eigenvalue weighted by molar-refractivity contribution is 6.09. The Balaban J connectivity index is 1.66. The summed E-state index contributed by atoms with van der Waals surface area (Å²) in [5.74, 6) is 1.32. The van der Waals surface area contributed by atoms with Gasteiger partial charge < -0.3 is 4.57 Å². The maximum atomic E-state index is 13.2. The zero-order valence-electron chi connectivity index (χ0n) is 14.7. The van der Waals surface area contributed by atoms with Gasteiger partial charge in [0.05, 0.1) is 12.0 Å². The molecule has 1 aromatic carbocycles. The van der Waals surface area contributed by atoms with Gasteiger partial charge in [-0.15, -0.1) is 10.2 Å². The molecule has 1 atom stereocenters. The normalized spacial score (nSPS) is 22.2. The minimum atomic E-state index is -0.668. The molecule has 130 valence electrons. The number of fused-ring (bicyclic) bond motifs is 2. The SMILES string of the molecule is CCCn1c(C)nnc1CN1C(=O)CC2(CCc3ccccc32)C1=O. The highest BCUT2D eigenvalue weighted by atomic mass is 16.2. The van der Waals surface area contributed by atoms with Gasteiger partial charge in [0.25, 0.3) is 0 Å². The van der Waals surface area contributed by atoms with Crippen molar-refractivity contribution >= 4 is 11.8 Å². The summed E-state index contributed by atoms with van der Waals surface area (Å²) in [6.45, 7) is 4.98. The molecule has 25 heavy (non-hydrogen) atoms. The van der Waals surface area contributed by atoms with Crippen LogP contribution >= 0.6 is 0 Å². The first kappa shape index (κ1) is 16.0. The zero-order valence-corrected chi connectivity index (χ0v) is 14.7. The van der Waals surface area contributed by atoms with Crippen molar-refractivity contribution in [2.24, 2.45) is 0 Å². The van der Waals surface area contributed by atoms with Gasteiger partial charge in [0, 0.05) is 13.0 Å². The van der Waals surface area contributed by atoms with Crippen LogP contribution in [0.25, 0.3) is 0 Å². The second kappa shape index (κ2) is 5.79. The van der Waals surface area contributed by atoms with Crippen molar-refractivity contribution in [3.05, 3.63) is 47.0 Å². The van der Waals surface area contributed by atoms with Crippen LogP contribution in [0.1, 0.15) is 49.0 Å². The van der Waals surface area contributed by atoms with Gasteiger partial charge in [-0.05, 0) is 37.3 Å². The molecule has 4 rings (SSSR count). The standard InChI is InChI=1S/C19H22N4O2/c1-3-10-22-13(2)20-21-16(22)12-23-17(24)11-19(18(23)25)9-8-14-6-4-5-7-15(14)19/h4-7H,3,8-12H2,1-2H3. The molecule has 1 saturated heterocycles. The molecule has 0 bridgehead atoms. The second-order valence-corrected chi connectivity index (χ2v) is 7.02. The fraction of sp³-hybridized carbons (Fsp3) is 0.474. The van der Waals surface area contributed by atoms with Gasteiger partial charge in [-0.2, -0.15) is 0 Å². The first-order chi connectivity index (χ1) is 12.1. The largest absolute Gasteiger partial charge is 0.314 e. The summed E-state index contributed by atoms with van der Waals surface area (Å²) in [6.07, 6.45) is 2.79. The Morgan fingerprint density at radius 1 is 1.20 bits per heavy atom. The number of hydrogen-bond acceptors (Lipinski definition) is 4. The third kappa shape index (κ3) is 2.31. The van der Waals surface area contributed by atoms with Crippen LogP contribution in [-0.2, 0) is 34.5 Å². The molecule has 0 saturated carbocycles. The van der Waals surface area contributed by atoms with E-state index in [1.165, 1.54) is 10.5 Å². The number of carbonyl (C=O) groups excluding carboxylic acids is 2. The number of carbonyl (C=O) groups is 2. The van der Waals surface area contributed by atoms with E-state index in [2.05, 4.69) is 23.2 Å². The molecule has 1 spiro atoms. The molecular formula is C19H22N4O2. The van der Waals surface area contributed by atoms with Crippen molar-refractivity contribution in [3.63, 3.8) is 0 Å². The number of amides is 2. The van der Waals surface area contributed by atoms with Crippen molar-refractivity contribution in [1.29, 1.82) is 0 Å². The van der Waals surface area contributed by atoms with E-state index in [-0.39, 0.29) is 24.8 Å². The van der Waals surface area contributed by atoms with Crippen LogP contribution < -0.4 is 0 Å². The number of hydrogen-bond donors (Lipinski definition) is 0. The van der Waals surface area contributed by atoms with Gasteiger partial charge in [0.2, 0.25) is 11.8 Å². The summed E-state index contributed by atoms with van der Waals surface area (Å²) in [7, 11) is 0. The van der Waals surface area contributed by atoms with Gasteiger partial charge in [-0.1, -0.05) is 31.2 Å². The van der Waals surface area contributed by atoms with E-state index in [9.17, 15) is 9.59 Å². The van der Waals surface area contributed by atoms with E-state index >= 15 is 0 Å². The molecule has 1 aromatic heterocycles. The van der Waals surface area contributed by atoms with Crippen LogP contribution in [0, 0.1) is 6.92 Å². The van der Waals surface area contributed by atoms with Crippen LogP contribution in [0.15, 0.2) is 24.3 Å². The Kier molecular flexibility index (Phi) is 3.71. The maximum absolute atomic E-state index is 13.2. The van der Waals surface area contributed by atoms with Gasteiger partial charge in [0.15, 0.2) is 5.82 Å². The molecule has 6 heteroatoms. The second-order valence-electron chi connectivity index (χ2n) is 7.02. The summed E-state index contributed by atoms with van der Waals surface area (Å²) in [4.78, 5) is 27.3. The summed E-state index contributed by atoms with van der Waals surface area (Å²) in [5.41, 5.74) is 1.55. The Hall–Kier alpha value is -2.50. The quantitative estimate of drug-likeness (QED) is 0.801. The molecule has 6 nitrogen and oxygen atoms in total. The van der Waals surface area contributed by atoms with Crippen LogP contribution in [0.3, 0.4) is 0 Å². The maximum Gasteiger partial charge on any atom is 0.240 e. The smallest absolute Gasteiger partial charge is 0.240 e. The molecule has 0 N–H and O–H groups in total. The van der Waals surface area contributed by atoms with Crippen molar-refractivity contribution in [2.75, 3.05) is 0 Å². The summed E-state index contributed by atoms with van der Waals surface area (Å²) < 4.78 is 1.99. The van der Waals surface area contributed by atoms with Crippen LogP contribution in [0.2, 0.25) is 0 Å². The number of imide groups is 1. The third-order valence-electron chi connectivity index (χ3n) is 5.52. The molecule has 2 heterocycles. The lowest BCUT2D eigenvalue weighted by molar-refractivity contribution is -0.140. The lowest BCUT2D eigenvalue weighted by atomic mass is 9.80. The summed E-state index contributed by atoms with van der Waals surface area (Å²) in [6, 6.07) is 8.01. The van der Waals surface area contributed by atoms with Gasteiger partial charge in [0.1, 0.15) is 5.82 Å². The Bertz CT molecular complexity index is 857. The minimum absolute atomic E-state index is 0.0776. The summed E-state index contributed by atoms with van der Waals surface area (Å²) >= 11 is 0. The number of benzene rings is 1. The zero-order chi connectivity index (χ0) is 17.6. The van der Waals surface area contributed by atoms with Gasteiger partial charge >= 0.3 is 0 Å². The molecule has 2 amide bonds. The van der Waals surface area contributed by atoms with E-state index in [0.717, 1.165) is 30.8 Å². The van der Waals surface area contributed by atoms with E-state index in [0.29, 0.717) is 12.2 Å². The molecule has 1 unspecified atom stereocenters. The van der Waals surface area contributed by atoms with Crippen molar-refractivity contribution in [1.82, 2.24) is 19.7 Å². The van der Waals surface area contributed by atoms with Crippen molar-refractivity contribution in [2.45, 2.75) is 58.0 Å². The van der Waals surface area contributed by atoms with Gasteiger partial charge in [-0.25, -0.2) is 0 Å². The number of rotatable bonds is 4. The molecule has 0 radical (unpaired) electrons. The summed E-state index contributed by atoms with van der Waals surface area (Å²) in [5, 5.41) is 8.31. The monoisotopic (exact) mass is 338 g/mol. The molecule has 1 aliphatic carbocycles. The highest BCUT2D eigenvalue weighted by Gasteiger charge is 2.55. The van der Waals surface area contributed by atoms with E-state index < -0.39 is 5.41 Å². The predicted octanol–water partition coefficient (Wildman–Crippen LogP) is 2.14. The molecule has 1 fully saturated rings. The van der Waals surface area contributed by atoms with Crippen LogP contribution in [-0.4, -0.2) is 31.5 Å². The fourth-order valence-electron chi connectivity index (χ4n) is 4.25. The number of likely N-dealkylation sites (tertiary alicyclic amines) is 1. The fourth-order valence-corrected chi connectivity index (χ4v) is 4.25. The molecule has 2 aromatic rings. The Labute approximate surface area is 146 Å². The van der Waals surface area contributed by atoms with Crippen LogP contribution in [0.5, 0.6) is 0 Å². The average Bonchev–Trinajstić information content (AvgIpc) is 3.22. The Morgan fingerprint density at radius 2 is 2.00 bits per heavy atom. The van der Waals surface area contributed by atoms with Gasteiger partial charge in [-0.3, -0.25) is 14.5 Å². The topological polar surface area (TPSA) is 68.1 Å². The predicted molar refractivity (Wildman–Crippen MR) is 91.7 cm³/mol. The molecular weight excluding hydrogens is 316 g/mol. The number of nitrogens with zero attached hydrogens (tertiary/aromatic N) is 4. The molecule has 1 aliphatic heterocycles. The average molecular weight is 338 g/mol. The first-order valence-corrected chi connectivity index (χ1v) is 8.88. The van der Waals surface area contributed by atoms with Crippen molar-refractivity contribution in [3.8, 4) is 0 Å². The Morgan fingerprint density at radius 3 is 2.80 bits per heavy atom. The first-order valence-electron chi connectivity index (χ1n) is 8.88. The lowest BCUT2D eigenvalue weighted by Gasteiger charge is -2.22. The van der Waals surface area contributed by atoms with E-state index in [1.54, 1.807) is 0 Å². The minimum Gasteiger partial charge on any atom is -0.314 e. The number of aromatic nitrogens is 3. The van der Waals surface area contributed by atoms with E-state index in [1.807, 2.05) is 29.7 Å². The van der Waals surface area contributed by atoms with Crippen LogP contribution in [0.4, 0.5) is 0 Å². The third-order valence-corrected chi connectivity index (χ3v) is 5.52. The highest BCUT2D eigenvalue weighted by Crippen LogP contribution is 2.47. The molecule has 2 aliphatic rings. The number of aryl methyl sites for hydroxylation is 2. The van der Waals surface area contributed by atoms with Crippen molar-refractivity contribution < 1.29 is 9.59 Å². The lowest BCUT2D eigenvalue weighted by Crippen LogP contribution is -2.37.